The van der Waals surface area contributed by atoms with Crippen LogP contribution in [0.4, 0.5) is 5.69 Å². The number of aliphatic carboxylic acids is 1. The third-order valence-electron chi connectivity index (χ3n) is 2.70. The number of hydrogen-bond donors (Lipinski definition) is 2. The van der Waals surface area contributed by atoms with E-state index in [1.807, 2.05) is 0 Å². The van der Waals surface area contributed by atoms with Crippen LogP contribution in [-0.4, -0.2) is 25.7 Å². The maximum atomic E-state index is 11.9. The predicted molar refractivity (Wildman–Crippen MR) is 77.1 cm³/mol. The Morgan fingerprint density at radius 3 is 2.85 bits per heavy atom. The molecular formula is C12H12ClN3O3S. The van der Waals surface area contributed by atoms with Crippen LogP contribution < -0.4 is 5.32 Å². The number of carbonyl (C=O) groups excluding carboxylic acids is 1. The molecule has 1 aromatic heterocycles. The number of nitrogens with one attached hydrogen (secondary N) is 1. The van der Waals surface area contributed by atoms with Crippen LogP contribution in [0.1, 0.15) is 19.8 Å². The fraction of sp³-hybridized carbons (Fsp3) is 0.333. The summed E-state index contributed by atoms with van der Waals surface area (Å²) in [6.45, 7) is 1.71. The van der Waals surface area contributed by atoms with Crippen LogP contribution in [0.3, 0.4) is 0 Å². The molecule has 8 heteroatoms. The summed E-state index contributed by atoms with van der Waals surface area (Å²) < 4.78 is 8.17. The molecule has 1 atom stereocenters. The van der Waals surface area contributed by atoms with Crippen molar-refractivity contribution >= 4 is 51.9 Å². The number of amides is 1. The van der Waals surface area contributed by atoms with Crippen molar-refractivity contribution in [3.05, 3.63) is 17.2 Å². The second-order valence-corrected chi connectivity index (χ2v) is 5.45. The lowest BCUT2D eigenvalue weighted by Gasteiger charge is -2.10. The van der Waals surface area contributed by atoms with E-state index in [1.54, 1.807) is 19.1 Å². The fourth-order valence-electron chi connectivity index (χ4n) is 1.82. The van der Waals surface area contributed by atoms with Gasteiger partial charge in [0.2, 0.25) is 5.91 Å². The van der Waals surface area contributed by atoms with Gasteiger partial charge in [0.05, 0.1) is 22.4 Å². The molecule has 0 aliphatic rings. The Morgan fingerprint density at radius 2 is 2.15 bits per heavy atom. The maximum Gasteiger partial charge on any atom is 0.303 e. The molecule has 0 bridgehead atoms. The number of carboxylic acid groups (broad SMARTS) is 1. The first-order valence-electron chi connectivity index (χ1n) is 5.89. The van der Waals surface area contributed by atoms with Crippen LogP contribution >= 0.6 is 23.3 Å². The summed E-state index contributed by atoms with van der Waals surface area (Å²) in [5.74, 6) is -1.46. The van der Waals surface area contributed by atoms with Gasteiger partial charge >= 0.3 is 5.97 Å². The molecule has 20 heavy (non-hydrogen) atoms. The molecule has 0 saturated carbocycles. The highest BCUT2D eigenvalue weighted by Gasteiger charge is 2.16. The smallest absolute Gasteiger partial charge is 0.303 e. The van der Waals surface area contributed by atoms with Gasteiger partial charge in [-0.2, -0.15) is 8.75 Å². The van der Waals surface area contributed by atoms with Gasteiger partial charge in [0, 0.05) is 12.8 Å². The van der Waals surface area contributed by atoms with Crippen molar-refractivity contribution in [2.75, 3.05) is 5.32 Å². The monoisotopic (exact) mass is 313 g/mol. The van der Waals surface area contributed by atoms with Crippen LogP contribution in [0.5, 0.6) is 0 Å². The highest BCUT2D eigenvalue weighted by Crippen LogP contribution is 2.30. The maximum absolute atomic E-state index is 11.9. The molecule has 2 aromatic rings. The van der Waals surface area contributed by atoms with E-state index in [9.17, 15) is 9.59 Å². The second kappa shape index (κ2) is 6.15. The molecule has 2 rings (SSSR count). The normalized spacial score (nSPS) is 12.3. The molecule has 6 nitrogen and oxygen atoms in total. The first kappa shape index (κ1) is 14.7. The Morgan fingerprint density at radius 1 is 1.40 bits per heavy atom. The van der Waals surface area contributed by atoms with Gasteiger partial charge in [0.25, 0.3) is 0 Å². The van der Waals surface area contributed by atoms with Crippen LogP contribution in [-0.2, 0) is 9.59 Å². The van der Waals surface area contributed by atoms with Crippen molar-refractivity contribution < 1.29 is 14.7 Å². The third kappa shape index (κ3) is 3.43. The molecule has 0 saturated heterocycles. The molecule has 0 aliphatic carbocycles. The van der Waals surface area contributed by atoms with Crippen molar-refractivity contribution in [1.82, 2.24) is 8.75 Å². The number of benzene rings is 1. The molecule has 0 spiro atoms. The molecule has 0 fully saturated rings. The number of fused-ring (bicyclic) bond motifs is 1. The SMILES string of the molecule is CC(CC(=O)O)CC(=O)Nc1c(Cl)ccc2nsnc12. The molecule has 2 N–H and O–H groups in total. The van der Waals surface area contributed by atoms with Gasteiger partial charge in [-0.25, -0.2) is 0 Å². The van der Waals surface area contributed by atoms with Gasteiger partial charge in [-0.05, 0) is 18.1 Å². The van der Waals surface area contributed by atoms with Gasteiger partial charge in [0.15, 0.2) is 0 Å². The van der Waals surface area contributed by atoms with Crippen LogP contribution in [0.2, 0.25) is 5.02 Å². The van der Waals surface area contributed by atoms with Gasteiger partial charge in [-0.1, -0.05) is 18.5 Å². The van der Waals surface area contributed by atoms with E-state index in [4.69, 9.17) is 16.7 Å². The molecule has 1 amide bonds. The van der Waals surface area contributed by atoms with Gasteiger partial charge in [-0.3, -0.25) is 9.59 Å². The van der Waals surface area contributed by atoms with E-state index in [1.165, 1.54) is 0 Å². The predicted octanol–water partition coefficient (Wildman–Crippen LogP) is 2.78. The summed E-state index contributed by atoms with van der Waals surface area (Å²) in [6, 6.07) is 3.37. The molecule has 0 aliphatic heterocycles. The number of rotatable bonds is 5. The minimum absolute atomic E-state index is 0.0520. The molecule has 1 unspecified atom stereocenters. The number of hydrogen-bond acceptors (Lipinski definition) is 5. The lowest BCUT2D eigenvalue weighted by atomic mass is 10.0. The van der Waals surface area contributed by atoms with E-state index >= 15 is 0 Å². The largest absolute Gasteiger partial charge is 0.481 e. The van der Waals surface area contributed by atoms with E-state index in [2.05, 4.69) is 14.1 Å². The third-order valence-corrected chi connectivity index (χ3v) is 3.56. The van der Waals surface area contributed by atoms with Crippen LogP contribution in [0, 0.1) is 5.92 Å². The lowest BCUT2D eigenvalue weighted by Crippen LogP contribution is -2.17. The fourth-order valence-corrected chi connectivity index (χ4v) is 2.57. The number of aromatic nitrogens is 2. The second-order valence-electron chi connectivity index (χ2n) is 4.51. The standard InChI is InChI=1S/C12H12ClN3O3S/c1-6(5-10(18)19)4-9(17)14-11-7(13)2-3-8-12(11)16-20-15-8/h2-3,6H,4-5H2,1H3,(H,14,17)(H,18,19). The topological polar surface area (TPSA) is 92.2 Å². The van der Waals surface area contributed by atoms with Gasteiger partial charge < -0.3 is 10.4 Å². The van der Waals surface area contributed by atoms with E-state index in [0.29, 0.717) is 21.7 Å². The molecule has 1 aromatic carbocycles. The van der Waals surface area contributed by atoms with E-state index in [0.717, 1.165) is 11.7 Å². The summed E-state index contributed by atoms with van der Waals surface area (Å²) >= 11 is 7.09. The lowest BCUT2D eigenvalue weighted by molar-refractivity contribution is -0.138. The van der Waals surface area contributed by atoms with Crippen molar-refractivity contribution in [1.29, 1.82) is 0 Å². The van der Waals surface area contributed by atoms with Crippen molar-refractivity contribution in [3.8, 4) is 0 Å². The highest BCUT2D eigenvalue weighted by atomic mass is 35.5. The Bertz CT molecular complexity index is 658. The van der Waals surface area contributed by atoms with E-state index < -0.39 is 5.97 Å². The summed E-state index contributed by atoms with van der Waals surface area (Å²) in [7, 11) is 0. The first-order chi connectivity index (χ1) is 9.47. The number of nitrogens with zero attached hydrogens (tertiary/aromatic N) is 2. The van der Waals surface area contributed by atoms with Crippen molar-refractivity contribution in [2.24, 2.45) is 5.92 Å². The Kier molecular flexibility index (Phi) is 4.51. The van der Waals surface area contributed by atoms with Crippen molar-refractivity contribution in [2.45, 2.75) is 19.8 Å². The summed E-state index contributed by atoms with van der Waals surface area (Å²) in [4.78, 5) is 22.5. The zero-order chi connectivity index (χ0) is 14.7. The first-order valence-corrected chi connectivity index (χ1v) is 7.00. The quantitative estimate of drug-likeness (QED) is 0.885. The molecule has 106 valence electrons. The minimum atomic E-state index is -0.922. The van der Waals surface area contributed by atoms with Crippen LogP contribution in [0.25, 0.3) is 11.0 Å². The van der Waals surface area contributed by atoms with Gasteiger partial charge in [0.1, 0.15) is 11.0 Å². The number of halogens is 1. The van der Waals surface area contributed by atoms with E-state index in [-0.39, 0.29) is 24.7 Å². The minimum Gasteiger partial charge on any atom is -0.481 e. The number of carbonyl (C=O) groups is 2. The summed E-state index contributed by atoms with van der Waals surface area (Å²) in [6.07, 6.45) is 0.0557. The summed E-state index contributed by atoms with van der Waals surface area (Å²) in [5, 5.41) is 11.7. The van der Waals surface area contributed by atoms with Gasteiger partial charge in [-0.15, -0.1) is 0 Å². The average Bonchev–Trinajstić information content (AvgIpc) is 2.80. The molecular weight excluding hydrogens is 302 g/mol. The Balaban J connectivity index is 2.11. The number of carboxylic acids is 1. The molecule has 1 heterocycles. The number of anilines is 1. The molecule has 0 radical (unpaired) electrons. The zero-order valence-electron chi connectivity index (χ0n) is 10.6. The highest BCUT2D eigenvalue weighted by molar-refractivity contribution is 7.00. The zero-order valence-corrected chi connectivity index (χ0v) is 12.2. The Labute approximate surface area is 124 Å². The van der Waals surface area contributed by atoms with Crippen molar-refractivity contribution in [3.63, 3.8) is 0 Å². The summed E-state index contributed by atoms with van der Waals surface area (Å²) in [5.41, 5.74) is 1.63. The average molecular weight is 314 g/mol. The Hall–Kier alpha value is -1.73. The van der Waals surface area contributed by atoms with Crippen LogP contribution in [0.15, 0.2) is 12.1 Å².